The van der Waals surface area contributed by atoms with E-state index in [9.17, 15) is 0 Å². The normalized spacial score (nSPS) is 12.7. The van der Waals surface area contributed by atoms with Crippen LogP contribution in [0.3, 0.4) is 0 Å². The van der Waals surface area contributed by atoms with Gasteiger partial charge in [0.05, 0.1) is 0 Å². The van der Waals surface area contributed by atoms with Gasteiger partial charge in [0, 0.05) is 0 Å². The fourth-order valence-corrected chi connectivity index (χ4v) is 11.8. The summed E-state index contributed by atoms with van der Waals surface area (Å²) in [6.07, 6.45) is 17.3. The second kappa shape index (κ2) is 17.4. The first kappa shape index (κ1) is 20.4. The molecule has 1 unspecified atom stereocenters. The van der Waals surface area contributed by atoms with E-state index >= 15 is 0 Å². The quantitative estimate of drug-likeness (QED) is 0.242. The van der Waals surface area contributed by atoms with Crippen LogP contribution in [0.2, 0.25) is 4.44 Å². The van der Waals surface area contributed by atoms with Gasteiger partial charge in [-0.15, -0.1) is 0 Å². The summed E-state index contributed by atoms with van der Waals surface area (Å²) in [7, 11) is 0. The number of unbranched alkanes of at least 4 members (excludes halogenated alkanes) is 10. The Morgan fingerprint density at radius 2 is 1.16 bits per heavy atom. The van der Waals surface area contributed by atoms with Crippen LogP contribution in [-0.2, 0) is 17.8 Å². The maximum absolute atomic E-state index is 5.61. The van der Waals surface area contributed by atoms with Gasteiger partial charge in [-0.3, -0.25) is 0 Å². The molecule has 2 radical (unpaired) electrons. The van der Waals surface area contributed by atoms with Gasteiger partial charge in [-0.1, -0.05) is 6.92 Å². The van der Waals surface area contributed by atoms with E-state index in [0.29, 0.717) is 6.64 Å². The van der Waals surface area contributed by atoms with Crippen molar-refractivity contribution >= 4 is 37.6 Å². The molecule has 1 atom stereocenters. The van der Waals surface area contributed by atoms with Gasteiger partial charge in [0.2, 0.25) is 0 Å². The third-order valence-electron chi connectivity index (χ3n) is 3.48. The molecule has 0 bridgehead atoms. The first-order valence-corrected chi connectivity index (χ1v) is 16.3. The minimum absolute atomic E-state index is 0.156. The van der Waals surface area contributed by atoms with E-state index < -0.39 is 0 Å². The number of hydrogen-bond acceptors (Lipinski definition) is 1. The Morgan fingerprint density at radius 3 is 1.68 bits per heavy atom. The summed E-state index contributed by atoms with van der Waals surface area (Å²) in [5.41, 5.74) is 0. The van der Waals surface area contributed by atoms with Crippen molar-refractivity contribution in [2.45, 2.75) is 95.3 Å². The maximum atomic E-state index is 5.61. The Kier molecular flexibility index (Phi) is 18.7. The Morgan fingerprint density at radius 1 is 0.684 bits per heavy atom. The minimum atomic E-state index is -0.156. The molecular weight excluding hydrogens is 375 g/mol. The molecule has 0 saturated heterocycles. The van der Waals surface area contributed by atoms with Gasteiger partial charge in [0.15, 0.2) is 0 Å². The average molecular weight is 409 g/mol. The third-order valence-corrected chi connectivity index (χ3v) is 14.8. The molecule has 0 N–H and O–H groups in total. The fourth-order valence-electron chi connectivity index (χ4n) is 2.16. The van der Waals surface area contributed by atoms with Gasteiger partial charge < -0.3 is 0 Å². The van der Waals surface area contributed by atoms with E-state index in [0.717, 1.165) is 0 Å². The summed E-state index contributed by atoms with van der Waals surface area (Å²) in [6, 6.07) is 0. The van der Waals surface area contributed by atoms with Crippen LogP contribution in [0, 0.1) is 0 Å². The second-order valence-corrected chi connectivity index (χ2v) is 18.7. The molecule has 0 aliphatic rings. The molecule has 3 heteroatoms. The fraction of sp³-hybridized carbons (Fsp3) is 1.00. The van der Waals surface area contributed by atoms with Crippen LogP contribution in [-0.4, -0.2) is 25.5 Å². The van der Waals surface area contributed by atoms with Crippen LogP contribution in [0.25, 0.3) is 0 Å². The van der Waals surface area contributed by atoms with Gasteiger partial charge in [0.1, 0.15) is 0 Å². The van der Waals surface area contributed by atoms with E-state index in [1.807, 2.05) is 0 Å². The molecule has 0 heterocycles. The summed E-state index contributed by atoms with van der Waals surface area (Å²) in [5.74, 6) is 1.39. The molecule has 19 heavy (non-hydrogen) atoms. The van der Waals surface area contributed by atoms with Crippen molar-refractivity contribution in [3.63, 3.8) is 0 Å². The number of hydrogen-bond donors (Lipinski definition) is 0. The van der Waals surface area contributed by atoms with Crippen LogP contribution in [0.5, 0.6) is 0 Å². The molecule has 0 aromatic rings. The summed E-state index contributed by atoms with van der Waals surface area (Å²) in [4.78, 5) is 0. The van der Waals surface area contributed by atoms with E-state index in [4.69, 9.17) is 11.2 Å². The van der Waals surface area contributed by atoms with Gasteiger partial charge >= 0.3 is 132 Å². The van der Waals surface area contributed by atoms with Crippen LogP contribution in [0.1, 0.15) is 90.9 Å². The van der Waals surface area contributed by atoms with Crippen molar-refractivity contribution in [2.75, 3.05) is 5.75 Å². The SMILES string of the molecule is CCCCCCCCCCCC[S](=S)[Sn][CH2]CCC. The molecule has 0 nitrogen and oxygen atoms in total. The van der Waals surface area contributed by atoms with E-state index in [2.05, 4.69) is 13.8 Å². The standard InChI is InChI=1S/C12H25S2.C4H9.Sn/c1-2-3-4-5-6-7-8-9-10-11-12-14-13;1-3-4-2;/h2-12H2,1H3;1,3-4H2,2H3;/q+1;;-1. The molecule has 0 aromatic carbocycles. The zero-order valence-corrected chi connectivity index (χ0v) is 17.7. The molecule has 0 spiro atoms. The third kappa shape index (κ3) is 17.3. The van der Waals surface area contributed by atoms with Crippen LogP contribution in [0.4, 0.5) is 0 Å². The van der Waals surface area contributed by atoms with Crippen molar-refractivity contribution < 1.29 is 0 Å². The van der Waals surface area contributed by atoms with Gasteiger partial charge in [-0.2, -0.15) is 0 Å². The van der Waals surface area contributed by atoms with E-state index in [1.165, 1.54) is 87.2 Å². The summed E-state index contributed by atoms with van der Waals surface area (Å²) in [6.45, 7) is 5.05. The number of rotatable bonds is 15. The molecule has 0 rings (SSSR count). The molecular formula is C16H34S2Sn. The molecule has 0 aliphatic heterocycles. The zero-order valence-electron chi connectivity index (χ0n) is 13.2. The summed E-state index contributed by atoms with van der Waals surface area (Å²) >= 11 is 5.46. The molecule has 0 amide bonds. The van der Waals surface area contributed by atoms with Crippen molar-refractivity contribution in [2.24, 2.45) is 0 Å². The van der Waals surface area contributed by atoms with Gasteiger partial charge in [0.25, 0.3) is 0 Å². The topological polar surface area (TPSA) is 0 Å². The summed E-state index contributed by atoms with van der Waals surface area (Å²) in [5, 5.41) is 0. The first-order valence-electron chi connectivity index (χ1n) is 8.43. The molecule has 0 aliphatic carbocycles. The molecule has 0 saturated carbocycles. The molecule has 0 fully saturated rings. The molecule has 0 aromatic heterocycles. The van der Waals surface area contributed by atoms with Gasteiger partial charge in [-0.05, 0) is 0 Å². The first-order chi connectivity index (χ1) is 9.31. The van der Waals surface area contributed by atoms with E-state index in [-0.39, 0.29) is 19.8 Å². The Bertz CT molecular complexity index is 195. The predicted molar refractivity (Wildman–Crippen MR) is 96.9 cm³/mol. The van der Waals surface area contributed by atoms with Crippen LogP contribution >= 0.6 is 0 Å². The van der Waals surface area contributed by atoms with E-state index in [1.54, 1.807) is 0 Å². The Hall–Kier alpha value is 1.37. The van der Waals surface area contributed by atoms with Crippen LogP contribution < -0.4 is 0 Å². The zero-order chi connectivity index (χ0) is 14.2. The van der Waals surface area contributed by atoms with Crippen molar-refractivity contribution in [3.05, 3.63) is 0 Å². The molecule has 114 valence electrons. The predicted octanol–water partition coefficient (Wildman–Crippen LogP) is 5.83. The van der Waals surface area contributed by atoms with Crippen molar-refractivity contribution in [1.82, 2.24) is 0 Å². The van der Waals surface area contributed by atoms with Gasteiger partial charge in [-0.25, -0.2) is 0 Å². The monoisotopic (exact) mass is 410 g/mol. The van der Waals surface area contributed by atoms with Crippen molar-refractivity contribution in [1.29, 1.82) is 0 Å². The average Bonchev–Trinajstić information content (AvgIpc) is 2.41. The Balaban J connectivity index is 3.07. The summed E-state index contributed by atoms with van der Waals surface area (Å²) < 4.78 is 1.53. The second-order valence-electron chi connectivity index (χ2n) is 5.48. The van der Waals surface area contributed by atoms with Crippen LogP contribution in [0.15, 0.2) is 0 Å². The van der Waals surface area contributed by atoms with Crippen molar-refractivity contribution in [3.8, 4) is 0 Å². The Labute approximate surface area is 138 Å².